The molecule has 2 N–H and O–H groups in total. The first kappa shape index (κ1) is 7.99. The number of fused-ring (bicyclic) bond motifs is 1. The molecule has 1 aromatic rings. The Kier molecular flexibility index (Phi) is 1.47. The highest BCUT2D eigenvalue weighted by Crippen LogP contribution is 2.57. The van der Waals surface area contributed by atoms with Gasteiger partial charge in [0.15, 0.2) is 5.76 Å². The number of nitrogens with one attached hydrogen (secondary N) is 1. The van der Waals surface area contributed by atoms with Crippen LogP contribution in [0, 0.1) is 17.8 Å². The van der Waals surface area contributed by atoms with E-state index in [1.807, 2.05) is 0 Å². The van der Waals surface area contributed by atoms with Gasteiger partial charge in [-0.25, -0.2) is 0 Å². The van der Waals surface area contributed by atoms with E-state index in [-0.39, 0.29) is 23.8 Å². The molecule has 1 saturated heterocycles. The lowest BCUT2D eigenvalue weighted by Gasteiger charge is -2.10. The fourth-order valence-electron chi connectivity index (χ4n) is 2.54. The van der Waals surface area contributed by atoms with Crippen molar-refractivity contribution in [2.75, 3.05) is 6.54 Å². The van der Waals surface area contributed by atoms with E-state index >= 15 is 0 Å². The molecule has 2 aliphatic rings. The van der Waals surface area contributed by atoms with Gasteiger partial charge >= 0.3 is 5.97 Å². The highest BCUT2D eigenvalue weighted by atomic mass is 16.5. The molecule has 74 valence electrons. The smallest absolute Gasteiger partial charge is 0.307 e. The second kappa shape index (κ2) is 2.57. The van der Waals surface area contributed by atoms with Crippen LogP contribution in [0.2, 0.25) is 0 Å². The molecular weight excluding hydrogens is 184 g/mol. The Morgan fingerprint density at radius 3 is 3.14 bits per heavy atom. The molecule has 0 bridgehead atoms. The van der Waals surface area contributed by atoms with Crippen molar-refractivity contribution in [3.05, 3.63) is 18.0 Å². The number of rotatable bonds is 2. The summed E-state index contributed by atoms with van der Waals surface area (Å²) >= 11 is 0. The van der Waals surface area contributed by atoms with Crippen molar-refractivity contribution >= 4 is 5.97 Å². The van der Waals surface area contributed by atoms with Gasteiger partial charge in [-0.3, -0.25) is 4.79 Å². The van der Waals surface area contributed by atoms with E-state index in [4.69, 9.17) is 9.63 Å². The number of piperidine rings is 1. The summed E-state index contributed by atoms with van der Waals surface area (Å²) in [5.41, 5.74) is 0. The number of carboxylic acid groups (broad SMARTS) is 1. The minimum atomic E-state index is -0.689. The summed E-state index contributed by atoms with van der Waals surface area (Å²) in [6, 6.07) is 1.83. The molecular formula is C9H10N2O3. The summed E-state index contributed by atoms with van der Waals surface area (Å²) in [5.74, 6) is 0.349. The zero-order chi connectivity index (χ0) is 9.71. The third kappa shape index (κ3) is 0.928. The van der Waals surface area contributed by atoms with Crippen molar-refractivity contribution in [2.45, 2.75) is 6.04 Å². The minimum absolute atomic E-state index is 0.0450. The second-order valence-corrected chi connectivity index (χ2v) is 3.91. The quantitative estimate of drug-likeness (QED) is 0.706. The second-order valence-electron chi connectivity index (χ2n) is 3.91. The van der Waals surface area contributed by atoms with E-state index in [1.165, 1.54) is 0 Å². The summed E-state index contributed by atoms with van der Waals surface area (Å²) < 4.78 is 5.04. The Balaban J connectivity index is 1.82. The number of nitrogens with zero attached hydrogens (tertiary/aromatic N) is 1. The van der Waals surface area contributed by atoms with Gasteiger partial charge in [0.05, 0.1) is 18.2 Å². The summed E-state index contributed by atoms with van der Waals surface area (Å²) in [6.45, 7) is 0.771. The number of aliphatic carboxylic acids is 1. The molecule has 4 atom stereocenters. The molecule has 2 heterocycles. The van der Waals surface area contributed by atoms with Crippen molar-refractivity contribution in [2.24, 2.45) is 17.8 Å². The number of hydrogen-bond acceptors (Lipinski definition) is 4. The van der Waals surface area contributed by atoms with Gasteiger partial charge < -0.3 is 14.9 Å². The number of aromatic nitrogens is 1. The van der Waals surface area contributed by atoms with Crippen LogP contribution < -0.4 is 5.32 Å². The lowest BCUT2D eigenvalue weighted by atomic mass is 10.1. The third-order valence-corrected chi connectivity index (χ3v) is 3.24. The van der Waals surface area contributed by atoms with E-state index < -0.39 is 5.97 Å². The molecule has 1 aliphatic heterocycles. The zero-order valence-corrected chi connectivity index (χ0v) is 7.38. The Bertz CT molecular complexity index is 362. The predicted molar refractivity (Wildman–Crippen MR) is 45.4 cm³/mol. The van der Waals surface area contributed by atoms with E-state index in [0.29, 0.717) is 0 Å². The van der Waals surface area contributed by atoms with Gasteiger partial charge in [0, 0.05) is 6.07 Å². The molecule has 1 saturated carbocycles. The molecule has 5 nitrogen and oxygen atoms in total. The van der Waals surface area contributed by atoms with Crippen molar-refractivity contribution < 1.29 is 14.4 Å². The van der Waals surface area contributed by atoms with Crippen LogP contribution in [0.15, 0.2) is 16.8 Å². The minimum Gasteiger partial charge on any atom is -0.481 e. The van der Waals surface area contributed by atoms with Crippen molar-refractivity contribution in [3.8, 4) is 0 Å². The number of hydrogen-bond donors (Lipinski definition) is 2. The molecule has 0 amide bonds. The van der Waals surface area contributed by atoms with Gasteiger partial charge in [0.1, 0.15) is 0 Å². The topological polar surface area (TPSA) is 75.4 Å². The molecule has 0 radical (unpaired) electrons. The van der Waals surface area contributed by atoms with Crippen molar-refractivity contribution in [1.82, 2.24) is 10.5 Å². The van der Waals surface area contributed by atoms with Crippen LogP contribution in [0.1, 0.15) is 11.8 Å². The number of carboxylic acids is 1. The summed E-state index contributed by atoms with van der Waals surface area (Å²) in [4.78, 5) is 10.8. The number of carbonyl (C=O) groups is 1. The SMILES string of the molecule is O=C(O)C1C2CNC(c3ccno3)C21. The molecule has 5 heteroatoms. The van der Waals surface area contributed by atoms with Crippen LogP contribution in [0.3, 0.4) is 0 Å². The normalized spacial score (nSPS) is 39.4. The molecule has 2 fully saturated rings. The maximum atomic E-state index is 10.8. The highest BCUT2D eigenvalue weighted by Gasteiger charge is 2.63. The zero-order valence-electron chi connectivity index (χ0n) is 7.38. The van der Waals surface area contributed by atoms with Gasteiger partial charge in [0.2, 0.25) is 0 Å². The van der Waals surface area contributed by atoms with Gasteiger partial charge in [-0.1, -0.05) is 5.16 Å². The van der Waals surface area contributed by atoms with Crippen LogP contribution in [0.25, 0.3) is 0 Å². The maximum Gasteiger partial charge on any atom is 0.307 e. The standard InChI is InChI=1S/C9H10N2O3/c12-9(13)7-4-3-10-8(6(4)7)5-1-2-11-14-5/h1-2,4,6-8,10H,3H2,(H,12,13). The van der Waals surface area contributed by atoms with Gasteiger partial charge in [0.25, 0.3) is 0 Å². The molecule has 1 aliphatic carbocycles. The molecule has 4 unspecified atom stereocenters. The maximum absolute atomic E-state index is 10.8. The third-order valence-electron chi connectivity index (χ3n) is 3.24. The van der Waals surface area contributed by atoms with Crippen LogP contribution in [0.4, 0.5) is 0 Å². The van der Waals surface area contributed by atoms with E-state index in [2.05, 4.69) is 10.5 Å². The van der Waals surface area contributed by atoms with Crippen LogP contribution in [-0.4, -0.2) is 22.8 Å². The predicted octanol–water partition coefficient (Wildman–Crippen LogP) is 0.266. The Labute approximate surface area is 80.1 Å². The van der Waals surface area contributed by atoms with Crippen LogP contribution >= 0.6 is 0 Å². The summed E-state index contributed by atoms with van der Waals surface area (Å²) in [7, 11) is 0. The largest absolute Gasteiger partial charge is 0.481 e. The van der Waals surface area contributed by atoms with Gasteiger partial charge in [-0.15, -0.1) is 0 Å². The summed E-state index contributed by atoms with van der Waals surface area (Å²) in [6.07, 6.45) is 1.59. The van der Waals surface area contributed by atoms with Crippen molar-refractivity contribution in [3.63, 3.8) is 0 Å². The molecule has 3 rings (SSSR count). The average Bonchev–Trinajstić information content (AvgIpc) is 2.57. The lowest BCUT2D eigenvalue weighted by Crippen LogP contribution is -2.22. The highest BCUT2D eigenvalue weighted by molar-refractivity contribution is 5.75. The first-order chi connectivity index (χ1) is 6.79. The fraction of sp³-hybridized carbons (Fsp3) is 0.556. The first-order valence-electron chi connectivity index (χ1n) is 4.66. The van der Waals surface area contributed by atoms with Gasteiger partial charge in [-0.2, -0.15) is 0 Å². The Hall–Kier alpha value is -1.36. The van der Waals surface area contributed by atoms with E-state index in [9.17, 15) is 4.79 Å². The van der Waals surface area contributed by atoms with Crippen molar-refractivity contribution in [1.29, 1.82) is 0 Å². The lowest BCUT2D eigenvalue weighted by molar-refractivity contribution is -0.139. The summed E-state index contributed by atoms with van der Waals surface area (Å²) in [5, 5.41) is 15.8. The fourth-order valence-corrected chi connectivity index (χ4v) is 2.54. The average molecular weight is 194 g/mol. The molecule has 0 aromatic carbocycles. The van der Waals surface area contributed by atoms with E-state index in [1.54, 1.807) is 12.3 Å². The molecule has 0 spiro atoms. The van der Waals surface area contributed by atoms with Crippen LogP contribution in [0.5, 0.6) is 0 Å². The first-order valence-corrected chi connectivity index (χ1v) is 4.66. The van der Waals surface area contributed by atoms with Gasteiger partial charge in [-0.05, 0) is 18.4 Å². The monoisotopic (exact) mass is 194 g/mol. The Morgan fingerprint density at radius 1 is 1.71 bits per heavy atom. The molecule has 1 aromatic heterocycles. The molecule has 14 heavy (non-hydrogen) atoms. The van der Waals surface area contributed by atoms with Crippen LogP contribution in [-0.2, 0) is 4.79 Å². The Morgan fingerprint density at radius 2 is 2.57 bits per heavy atom. The van der Waals surface area contributed by atoms with E-state index in [0.717, 1.165) is 12.3 Å².